The van der Waals surface area contributed by atoms with Crippen LogP contribution in [-0.2, 0) is 23.7 Å². The Balaban J connectivity index is 1.23. The Morgan fingerprint density at radius 3 is 2.09 bits per heavy atom. The number of ether oxygens (including phenoxy) is 4. The van der Waals surface area contributed by atoms with Crippen LogP contribution < -0.4 is 0 Å². The molecule has 186 valence electrons. The summed E-state index contributed by atoms with van der Waals surface area (Å²) in [6.07, 6.45) is 1.46. The monoisotopic (exact) mass is 479 g/mol. The third kappa shape index (κ3) is 4.73. The summed E-state index contributed by atoms with van der Waals surface area (Å²) in [7, 11) is 3.15. The number of amides is 1. The number of ketones is 1. The van der Waals surface area contributed by atoms with Gasteiger partial charge in [0.25, 0.3) is 0 Å². The fourth-order valence-electron chi connectivity index (χ4n) is 5.94. The minimum atomic E-state index is -0.373. The zero-order chi connectivity index (χ0) is 24.4. The first-order chi connectivity index (χ1) is 17.1. The summed E-state index contributed by atoms with van der Waals surface area (Å²) in [5.41, 5.74) is 4.80. The normalized spacial score (nSPS) is 23.2. The van der Waals surface area contributed by atoms with Gasteiger partial charge in [0.15, 0.2) is 6.29 Å². The minimum Gasteiger partial charge on any atom is -0.448 e. The van der Waals surface area contributed by atoms with Gasteiger partial charge in [0.2, 0.25) is 0 Å². The molecule has 0 radical (unpaired) electrons. The van der Waals surface area contributed by atoms with Crippen molar-refractivity contribution in [1.82, 2.24) is 4.90 Å². The van der Waals surface area contributed by atoms with Crippen LogP contribution in [0.25, 0.3) is 11.1 Å². The van der Waals surface area contributed by atoms with Gasteiger partial charge in [0.1, 0.15) is 12.4 Å². The molecule has 1 amide bonds. The summed E-state index contributed by atoms with van der Waals surface area (Å²) in [5, 5.41) is 0. The molecule has 0 spiro atoms. The maximum absolute atomic E-state index is 13.3. The van der Waals surface area contributed by atoms with Gasteiger partial charge in [-0.2, -0.15) is 0 Å². The number of Topliss-reactive ketones (excluding diaryl/α,β-unsaturated/α-hetero) is 1. The SMILES string of the molecule is COC(CCC(=O)C1CC2COCC(C1)N2C(=O)OCC1c2ccccc2-c2ccccc21)OC. The molecule has 2 atom stereocenters. The van der Waals surface area contributed by atoms with Crippen LogP contribution in [0.4, 0.5) is 4.79 Å². The standard InChI is InChI=1S/C28H33NO6/c1-32-27(33-2)12-11-26(30)18-13-19-15-34-16-20(14-18)29(19)28(31)35-17-25-23-9-5-3-7-21(23)22-8-4-6-10-24(22)25/h3-10,18-20,25,27H,11-17H2,1-2H3. The molecular weight excluding hydrogens is 446 g/mol. The number of piperidine rings is 1. The lowest BCUT2D eigenvalue weighted by molar-refractivity contribution is -0.136. The average molecular weight is 480 g/mol. The van der Waals surface area contributed by atoms with Crippen molar-refractivity contribution >= 4 is 11.9 Å². The van der Waals surface area contributed by atoms with E-state index in [0.29, 0.717) is 45.5 Å². The Morgan fingerprint density at radius 2 is 1.51 bits per heavy atom. The maximum Gasteiger partial charge on any atom is 0.410 e. The summed E-state index contributed by atoms with van der Waals surface area (Å²) in [6, 6.07) is 16.3. The van der Waals surface area contributed by atoms with E-state index in [2.05, 4.69) is 24.3 Å². The summed E-state index contributed by atoms with van der Waals surface area (Å²) < 4.78 is 22.1. The summed E-state index contributed by atoms with van der Waals surface area (Å²) in [4.78, 5) is 28.0. The molecule has 7 nitrogen and oxygen atoms in total. The highest BCUT2D eigenvalue weighted by Gasteiger charge is 2.44. The lowest BCUT2D eigenvalue weighted by Crippen LogP contribution is -2.60. The first kappa shape index (κ1) is 24.0. The van der Waals surface area contributed by atoms with Crippen LogP contribution in [-0.4, -0.2) is 69.2 Å². The first-order valence-electron chi connectivity index (χ1n) is 12.4. The van der Waals surface area contributed by atoms with Gasteiger partial charge in [-0.25, -0.2) is 4.79 Å². The van der Waals surface area contributed by atoms with Crippen LogP contribution in [0.15, 0.2) is 48.5 Å². The van der Waals surface area contributed by atoms with Gasteiger partial charge < -0.3 is 18.9 Å². The second-order valence-corrected chi connectivity index (χ2v) is 9.63. The lowest BCUT2D eigenvalue weighted by Gasteiger charge is -2.47. The van der Waals surface area contributed by atoms with E-state index in [-0.39, 0.29) is 42.1 Å². The molecule has 2 aromatic carbocycles. The molecule has 1 aliphatic carbocycles. The smallest absolute Gasteiger partial charge is 0.410 e. The van der Waals surface area contributed by atoms with Gasteiger partial charge in [-0.3, -0.25) is 9.69 Å². The van der Waals surface area contributed by atoms with E-state index < -0.39 is 0 Å². The van der Waals surface area contributed by atoms with E-state index in [4.69, 9.17) is 18.9 Å². The third-order valence-electron chi connectivity index (χ3n) is 7.67. The largest absolute Gasteiger partial charge is 0.448 e. The van der Waals surface area contributed by atoms with Gasteiger partial charge in [-0.1, -0.05) is 48.5 Å². The molecule has 2 saturated heterocycles. The molecular formula is C28H33NO6. The van der Waals surface area contributed by atoms with Crippen molar-refractivity contribution in [3.63, 3.8) is 0 Å². The van der Waals surface area contributed by atoms with Crippen molar-refractivity contribution in [2.45, 2.75) is 50.0 Å². The summed E-state index contributed by atoms with van der Waals surface area (Å²) in [6.45, 7) is 1.16. The second kappa shape index (κ2) is 10.5. The van der Waals surface area contributed by atoms with Gasteiger partial charge in [0, 0.05) is 38.9 Å². The van der Waals surface area contributed by atoms with Crippen molar-refractivity contribution in [3.8, 4) is 11.1 Å². The minimum absolute atomic E-state index is 0.0241. The molecule has 2 aliphatic heterocycles. The number of fused-ring (bicyclic) bond motifs is 5. The maximum atomic E-state index is 13.3. The molecule has 0 aromatic heterocycles. The number of nitrogens with zero attached hydrogens (tertiary/aromatic N) is 1. The molecule has 2 aromatic rings. The summed E-state index contributed by atoms with van der Waals surface area (Å²) >= 11 is 0. The number of hydrogen-bond acceptors (Lipinski definition) is 6. The zero-order valence-corrected chi connectivity index (χ0v) is 20.4. The predicted octanol–water partition coefficient (Wildman–Crippen LogP) is 4.38. The summed E-state index contributed by atoms with van der Waals surface area (Å²) in [5.74, 6) is 0.144. The molecule has 2 bridgehead atoms. The number of morpholine rings is 1. The number of methoxy groups -OCH3 is 2. The van der Waals surface area contributed by atoms with Crippen molar-refractivity contribution in [1.29, 1.82) is 0 Å². The number of benzene rings is 2. The number of carbonyl (C=O) groups excluding carboxylic acids is 2. The molecule has 2 heterocycles. The van der Waals surface area contributed by atoms with Crippen molar-refractivity contribution in [3.05, 3.63) is 59.7 Å². The van der Waals surface area contributed by atoms with Crippen LogP contribution in [0.3, 0.4) is 0 Å². The lowest BCUT2D eigenvalue weighted by atomic mass is 9.81. The number of rotatable bonds is 8. The van der Waals surface area contributed by atoms with E-state index >= 15 is 0 Å². The molecule has 35 heavy (non-hydrogen) atoms. The number of carbonyl (C=O) groups is 2. The Bertz CT molecular complexity index is 1010. The predicted molar refractivity (Wildman–Crippen MR) is 130 cm³/mol. The van der Waals surface area contributed by atoms with E-state index in [9.17, 15) is 9.59 Å². The Hall–Kier alpha value is -2.74. The van der Waals surface area contributed by atoms with Crippen LogP contribution >= 0.6 is 0 Å². The fourth-order valence-corrected chi connectivity index (χ4v) is 5.94. The Kier molecular flexibility index (Phi) is 7.18. The van der Waals surface area contributed by atoms with Crippen LogP contribution in [0.5, 0.6) is 0 Å². The van der Waals surface area contributed by atoms with Crippen molar-refractivity contribution in [2.75, 3.05) is 34.0 Å². The van der Waals surface area contributed by atoms with E-state index in [0.717, 1.165) is 0 Å². The quantitative estimate of drug-likeness (QED) is 0.523. The molecule has 5 rings (SSSR count). The highest BCUT2D eigenvalue weighted by molar-refractivity contribution is 5.82. The molecule has 2 fully saturated rings. The van der Waals surface area contributed by atoms with Crippen LogP contribution in [0.1, 0.15) is 42.7 Å². The van der Waals surface area contributed by atoms with Gasteiger partial charge >= 0.3 is 6.09 Å². The topological polar surface area (TPSA) is 74.3 Å². The molecule has 2 unspecified atom stereocenters. The fraction of sp³-hybridized carbons (Fsp3) is 0.500. The van der Waals surface area contributed by atoms with Crippen molar-refractivity contribution in [2.24, 2.45) is 5.92 Å². The van der Waals surface area contributed by atoms with E-state index in [1.165, 1.54) is 22.3 Å². The molecule has 7 heteroatoms. The highest BCUT2D eigenvalue weighted by atomic mass is 16.7. The molecule has 0 N–H and O–H groups in total. The zero-order valence-electron chi connectivity index (χ0n) is 20.4. The second-order valence-electron chi connectivity index (χ2n) is 9.63. The van der Waals surface area contributed by atoms with E-state index in [1.807, 2.05) is 29.2 Å². The molecule has 0 saturated carbocycles. The Morgan fingerprint density at radius 1 is 0.943 bits per heavy atom. The van der Waals surface area contributed by atoms with Gasteiger partial charge in [0.05, 0.1) is 25.3 Å². The number of hydrogen-bond donors (Lipinski definition) is 0. The molecule has 3 aliphatic rings. The average Bonchev–Trinajstić information content (AvgIpc) is 3.20. The Labute approximate surface area is 206 Å². The first-order valence-corrected chi connectivity index (χ1v) is 12.4. The van der Waals surface area contributed by atoms with E-state index in [1.54, 1.807) is 14.2 Å². The van der Waals surface area contributed by atoms with Crippen molar-refractivity contribution < 1.29 is 28.5 Å². The van der Waals surface area contributed by atoms with Crippen LogP contribution in [0, 0.1) is 5.92 Å². The highest BCUT2D eigenvalue weighted by Crippen LogP contribution is 2.44. The van der Waals surface area contributed by atoms with Gasteiger partial charge in [-0.05, 0) is 35.1 Å². The third-order valence-corrected chi connectivity index (χ3v) is 7.67. The van der Waals surface area contributed by atoms with Gasteiger partial charge in [-0.15, -0.1) is 0 Å². The van der Waals surface area contributed by atoms with Crippen LogP contribution in [0.2, 0.25) is 0 Å².